The summed E-state index contributed by atoms with van der Waals surface area (Å²) in [6.07, 6.45) is 5.15. The summed E-state index contributed by atoms with van der Waals surface area (Å²) in [4.78, 5) is 24.2. The zero-order valence-electron chi connectivity index (χ0n) is 12.6. The molecule has 0 aliphatic carbocycles. The number of unbranched alkanes of at least 4 members (excludes halogenated alkanes) is 3. The number of carboxylic acid groups (broad SMARTS) is 1. The Morgan fingerprint density at radius 3 is 2.67 bits per heavy atom. The molecule has 0 saturated carbocycles. The van der Waals surface area contributed by atoms with Gasteiger partial charge in [-0.2, -0.15) is 0 Å². The maximum absolute atomic E-state index is 12.3. The first-order valence-electron chi connectivity index (χ1n) is 7.55. The SMILES string of the molecule is CCCCCCC1SC(=O)c2ccccc2C1(C)C(=O)O. The highest BCUT2D eigenvalue weighted by Gasteiger charge is 2.49. The molecular formula is C17H22O3S. The van der Waals surface area contributed by atoms with Crippen LogP contribution in [-0.2, 0) is 10.2 Å². The summed E-state index contributed by atoms with van der Waals surface area (Å²) in [5.74, 6) is -0.838. The standard InChI is InChI=1S/C17H22O3S/c1-3-4-5-6-11-14-17(2,16(19)20)13-10-8-7-9-12(13)15(18)21-14/h7-10,14H,3-6,11H2,1-2H3,(H,19,20). The van der Waals surface area contributed by atoms with Gasteiger partial charge in [-0.15, -0.1) is 0 Å². The molecule has 0 saturated heterocycles. The van der Waals surface area contributed by atoms with E-state index in [2.05, 4.69) is 6.92 Å². The van der Waals surface area contributed by atoms with E-state index in [1.165, 1.54) is 11.8 Å². The third kappa shape index (κ3) is 3.00. The highest BCUT2D eigenvalue weighted by Crippen LogP contribution is 2.45. The molecule has 0 spiro atoms. The Kier molecular flexibility index (Phi) is 5.09. The molecule has 0 aromatic heterocycles. The van der Waals surface area contributed by atoms with Crippen LogP contribution in [0.3, 0.4) is 0 Å². The first-order valence-corrected chi connectivity index (χ1v) is 8.43. The van der Waals surface area contributed by atoms with Crippen molar-refractivity contribution in [3.63, 3.8) is 0 Å². The minimum atomic E-state index is -0.985. The summed E-state index contributed by atoms with van der Waals surface area (Å²) in [7, 11) is 0. The molecule has 0 bridgehead atoms. The van der Waals surface area contributed by atoms with Gasteiger partial charge in [0.25, 0.3) is 0 Å². The number of thioether (sulfide) groups is 1. The van der Waals surface area contributed by atoms with Gasteiger partial charge in [0.2, 0.25) is 5.12 Å². The molecule has 2 rings (SSSR count). The molecule has 0 fully saturated rings. The van der Waals surface area contributed by atoms with Crippen molar-refractivity contribution in [2.45, 2.75) is 56.6 Å². The van der Waals surface area contributed by atoms with Crippen LogP contribution >= 0.6 is 11.8 Å². The second-order valence-corrected chi connectivity index (χ2v) is 6.97. The predicted octanol–water partition coefficient (Wildman–Crippen LogP) is 4.25. The summed E-state index contributed by atoms with van der Waals surface area (Å²) in [5.41, 5.74) is 0.237. The van der Waals surface area contributed by atoms with Crippen molar-refractivity contribution in [1.29, 1.82) is 0 Å². The first kappa shape index (κ1) is 16.1. The first-order chi connectivity index (χ1) is 10.0. The van der Waals surface area contributed by atoms with Gasteiger partial charge in [0.15, 0.2) is 0 Å². The van der Waals surface area contributed by atoms with Gasteiger partial charge in [-0.3, -0.25) is 9.59 Å². The van der Waals surface area contributed by atoms with Crippen LogP contribution < -0.4 is 0 Å². The topological polar surface area (TPSA) is 54.4 Å². The number of carbonyl (C=O) groups excluding carboxylic acids is 1. The molecule has 1 N–H and O–H groups in total. The highest BCUT2D eigenvalue weighted by molar-refractivity contribution is 8.14. The number of hydrogen-bond acceptors (Lipinski definition) is 3. The van der Waals surface area contributed by atoms with Gasteiger partial charge in [0.05, 0.1) is 0 Å². The van der Waals surface area contributed by atoms with E-state index in [9.17, 15) is 14.7 Å². The van der Waals surface area contributed by atoms with E-state index in [-0.39, 0.29) is 10.4 Å². The minimum Gasteiger partial charge on any atom is -0.481 e. The number of fused-ring (bicyclic) bond motifs is 1. The molecule has 1 aromatic rings. The molecule has 2 atom stereocenters. The Morgan fingerprint density at radius 2 is 2.00 bits per heavy atom. The van der Waals surface area contributed by atoms with Crippen LogP contribution in [0.1, 0.15) is 61.9 Å². The van der Waals surface area contributed by atoms with Crippen LogP contribution in [0.25, 0.3) is 0 Å². The van der Waals surface area contributed by atoms with Gasteiger partial charge in [-0.25, -0.2) is 0 Å². The van der Waals surface area contributed by atoms with E-state index in [0.29, 0.717) is 11.1 Å². The Balaban J connectivity index is 2.30. The van der Waals surface area contributed by atoms with Gasteiger partial charge in [0.1, 0.15) is 5.41 Å². The van der Waals surface area contributed by atoms with E-state index in [1.807, 2.05) is 6.07 Å². The van der Waals surface area contributed by atoms with Crippen LogP contribution in [0.2, 0.25) is 0 Å². The fraction of sp³-hybridized carbons (Fsp3) is 0.529. The van der Waals surface area contributed by atoms with E-state index < -0.39 is 11.4 Å². The normalized spacial score (nSPS) is 24.7. The smallest absolute Gasteiger partial charge is 0.315 e. The second-order valence-electron chi connectivity index (χ2n) is 5.80. The predicted molar refractivity (Wildman–Crippen MR) is 85.9 cm³/mol. The molecular weight excluding hydrogens is 284 g/mol. The fourth-order valence-electron chi connectivity index (χ4n) is 2.95. The van der Waals surface area contributed by atoms with Crippen LogP contribution in [0.15, 0.2) is 24.3 Å². The van der Waals surface area contributed by atoms with Crippen molar-refractivity contribution in [2.24, 2.45) is 0 Å². The summed E-state index contributed by atoms with van der Waals surface area (Å²) in [6, 6.07) is 7.14. The molecule has 0 radical (unpaired) electrons. The van der Waals surface area contributed by atoms with Crippen LogP contribution in [-0.4, -0.2) is 21.4 Å². The van der Waals surface area contributed by atoms with E-state index in [0.717, 1.165) is 32.1 Å². The summed E-state index contributed by atoms with van der Waals surface area (Å²) in [5, 5.41) is 9.60. The molecule has 4 heteroatoms. The van der Waals surface area contributed by atoms with Gasteiger partial charge < -0.3 is 5.11 Å². The monoisotopic (exact) mass is 306 g/mol. The third-order valence-corrected chi connectivity index (χ3v) is 5.79. The number of hydrogen-bond donors (Lipinski definition) is 1. The summed E-state index contributed by atoms with van der Waals surface area (Å²) >= 11 is 1.20. The van der Waals surface area contributed by atoms with E-state index >= 15 is 0 Å². The number of rotatable bonds is 6. The quantitative estimate of drug-likeness (QED) is 0.798. The zero-order valence-corrected chi connectivity index (χ0v) is 13.4. The average Bonchev–Trinajstić information content (AvgIpc) is 2.48. The lowest BCUT2D eigenvalue weighted by Gasteiger charge is -2.38. The van der Waals surface area contributed by atoms with Crippen LogP contribution in [0.4, 0.5) is 0 Å². The molecule has 1 heterocycles. The van der Waals surface area contributed by atoms with Crippen molar-refractivity contribution < 1.29 is 14.7 Å². The third-order valence-electron chi connectivity index (χ3n) is 4.36. The van der Waals surface area contributed by atoms with Gasteiger partial charge >= 0.3 is 5.97 Å². The lowest BCUT2D eigenvalue weighted by Crippen LogP contribution is -2.46. The number of carbonyl (C=O) groups is 2. The van der Waals surface area contributed by atoms with Crippen LogP contribution in [0, 0.1) is 0 Å². The van der Waals surface area contributed by atoms with Crippen molar-refractivity contribution in [3.05, 3.63) is 35.4 Å². The Morgan fingerprint density at radius 1 is 1.29 bits per heavy atom. The van der Waals surface area contributed by atoms with E-state index in [4.69, 9.17) is 0 Å². The molecule has 114 valence electrons. The molecule has 1 aromatic carbocycles. The molecule has 3 nitrogen and oxygen atoms in total. The van der Waals surface area contributed by atoms with Crippen LogP contribution in [0.5, 0.6) is 0 Å². The Bertz CT molecular complexity index is 541. The summed E-state index contributed by atoms with van der Waals surface area (Å²) in [6.45, 7) is 3.91. The van der Waals surface area contributed by atoms with E-state index in [1.54, 1.807) is 25.1 Å². The average molecular weight is 306 g/mol. The number of aliphatic carboxylic acids is 1. The molecule has 1 aliphatic heterocycles. The van der Waals surface area contributed by atoms with Gasteiger partial charge in [-0.05, 0) is 18.9 Å². The largest absolute Gasteiger partial charge is 0.481 e. The Hall–Kier alpha value is -1.29. The van der Waals surface area contributed by atoms with Gasteiger partial charge in [-0.1, -0.05) is 68.6 Å². The van der Waals surface area contributed by atoms with Crippen molar-refractivity contribution in [1.82, 2.24) is 0 Å². The highest BCUT2D eigenvalue weighted by atomic mass is 32.2. The molecule has 0 amide bonds. The fourth-order valence-corrected chi connectivity index (χ4v) is 4.27. The molecule has 2 unspecified atom stereocenters. The van der Waals surface area contributed by atoms with Crippen molar-refractivity contribution in [2.75, 3.05) is 0 Å². The zero-order chi connectivity index (χ0) is 15.5. The lowest BCUT2D eigenvalue weighted by atomic mass is 9.75. The maximum atomic E-state index is 12.3. The Labute approximate surface area is 130 Å². The van der Waals surface area contributed by atoms with Crippen molar-refractivity contribution in [3.8, 4) is 0 Å². The second kappa shape index (κ2) is 6.65. The number of benzene rings is 1. The maximum Gasteiger partial charge on any atom is 0.315 e. The molecule has 1 aliphatic rings. The van der Waals surface area contributed by atoms with Crippen molar-refractivity contribution >= 4 is 22.8 Å². The molecule has 21 heavy (non-hydrogen) atoms. The summed E-state index contributed by atoms with van der Waals surface area (Å²) < 4.78 is 0. The lowest BCUT2D eigenvalue weighted by molar-refractivity contribution is -0.143. The number of carboxylic acids is 1. The minimum absolute atomic E-state index is 0.00446. The van der Waals surface area contributed by atoms with Gasteiger partial charge in [0, 0.05) is 10.8 Å².